The molecule has 2 saturated carbocycles. The molecule has 0 aliphatic heterocycles. The lowest BCUT2D eigenvalue weighted by molar-refractivity contribution is -0.179. The largest absolute Gasteiger partial charge is 0.378 e. The topological polar surface area (TPSA) is 55.6 Å². The summed E-state index contributed by atoms with van der Waals surface area (Å²) in [6.07, 6.45) is 3.26. The molecule has 2 fully saturated rings. The van der Waals surface area contributed by atoms with Gasteiger partial charge in [-0.05, 0) is 32.6 Å². The fraction of sp³-hybridized carbons (Fsp3) is 0.933. The molecule has 2 N–H and O–H groups in total. The summed E-state index contributed by atoms with van der Waals surface area (Å²) in [5, 5.41) is 0. The van der Waals surface area contributed by atoms with E-state index >= 15 is 0 Å². The van der Waals surface area contributed by atoms with Crippen molar-refractivity contribution in [3.63, 3.8) is 0 Å². The summed E-state index contributed by atoms with van der Waals surface area (Å²) in [6, 6.07) is 0. The summed E-state index contributed by atoms with van der Waals surface area (Å²) in [5.74, 6) is 0.821. The molecule has 0 aromatic heterocycles. The van der Waals surface area contributed by atoms with Crippen molar-refractivity contribution in [2.75, 3.05) is 19.7 Å². The molecule has 0 aromatic rings. The SMILES string of the molecule is CCOC1CC(N)(C(=O)N(CC)CC2CC2)C1(C)C. The number of nitrogens with zero attached hydrogens (tertiary/aromatic N) is 1. The van der Waals surface area contributed by atoms with Crippen LogP contribution in [-0.2, 0) is 9.53 Å². The maximum absolute atomic E-state index is 12.8. The number of carbonyl (C=O) groups is 1. The van der Waals surface area contributed by atoms with Crippen molar-refractivity contribution < 1.29 is 9.53 Å². The van der Waals surface area contributed by atoms with Gasteiger partial charge in [0.15, 0.2) is 0 Å². The van der Waals surface area contributed by atoms with Gasteiger partial charge < -0.3 is 15.4 Å². The number of hydrogen-bond donors (Lipinski definition) is 1. The zero-order chi connectivity index (χ0) is 14.3. The van der Waals surface area contributed by atoms with Crippen LogP contribution in [-0.4, -0.2) is 42.1 Å². The van der Waals surface area contributed by atoms with E-state index in [0.717, 1.165) is 13.1 Å². The van der Waals surface area contributed by atoms with Crippen molar-refractivity contribution in [2.24, 2.45) is 17.1 Å². The summed E-state index contributed by atoms with van der Waals surface area (Å²) >= 11 is 0. The Morgan fingerprint density at radius 3 is 2.42 bits per heavy atom. The Bertz CT molecular complexity index is 352. The predicted octanol–water partition coefficient (Wildman–Crippen LogP) is 1.78. The number of carbonyl (C=O) groups excluding carboxylic acids is 1. The monoisotopic (exact) mass is 268 g/mol. The second kappa shape index (κ2) is 5.06. The molecule has 0 spiro atoms. The first-order valence-corrected chi connectivity index (χ1v) is 7.56. The minimum Gasteiger partial charge on any atom is -0.378 e. The second-order valence-electron chi connectivity index (χ2n) is 6.63. The maximum Gasteiger partial charge on any atom is 0.243 e. The highest BCUT2D eigenvalue weighted by Crippen LogP contribution is 2.50. The molecule has 0 heterocycles. The Labute approximate surface area is 116 Å². The van der Waals surface area contributed by atoms with Gasteiger partial charge in [0.1, 0.15) is 5.54 Å². The van der Waals surface area contributed by atoms with Gasteiger partial charge in [-0.1, -0.05) is 13.8 Å². The van der Waals surface area contributed by atoms with Gasteiger partial charge in [-0.2, -0.15) is 0 Å². The minimum atomic E-state index is -0.752. The molecule has 4 heteroatoms. The number of ether oxygens (including phenoxy) is 1. The van der Waals surface area contributed by atoms with Crippen LogP contribution < -0.4 is 5.73 Å². The molecule has 0 aromatic carbocycles. The summed E-state index contributed by atoms with van der Waals surface area (Å²) in [4.78, 5) is 14.7. The Balaban J connectivity index is 2.04. The van der Waals surface area contributed by atoms with Crippen LogP contribution in [0.3, 0.4) is 0 Å². The van der Waals surface area contributed by atoms with E-state index in [1.54, 1.807) is 0 Å². The molecule has 4 nitrogen and oxygen atoms in total. The highest BCUT2D eigenvalue weighted by atomic mass is 16.5. The highest BCUT2D eigenvalue weighted by Gasteiger charge is 2.63. The maximum atomic E-state index is 12.8. The van der Waals surface area contributed by atoms with Gasteiger partial charge in [-0.25, -0.2) is 0 Å². The number of hydrogen-bond acceptors (Lipinski definition) is 3. The predicted molar refractivity (Wildman–Crippen MR) is 75.7 cm³/mol. The van der Waals surface area contributed by atoms with E-state index in [4.69, 9.17) is 10.5 Å². The van der Waals surface area contributed by atoms with Crippen molar-refractivity contribution in [3.8, 4) is 0 Å². The highest BCUT2D eigenvalue weighted by molar-refractivity contribution is 5.89. The Morgan fingerprint density at radius 1 is 1.37 bits per heavy atom. The van der Waals surface area contributed by atoms with Crippen LogP contribution >= 0.6 is 0 Å². The Morgan fingerprint density at radius 2 is 2.00 bits per heavy atom. The van der Waals surface area contributed by atoms with E-state index in [1.807, 2.05) is 18.7 Å². The molecule has 2 atom stereocenters. The molecule has 110 valence electrons. The van der Waals surface area contributed by atoms with Gasteiger partial charge in [0.2, 0.25) is 5.91 Å². The number of amides is 1. The summed E-state index contributed by atoms with van der Waals surface area (Å²) in [7, 11) is 0. The minimum absolute atomic E-state index is 0.103. The number of likely N-dealkylation sites (N-methyl/N-ethyl adjacent to an activating group) is 1. The third-order valence-corrected chi connectivity index (χ3v) is 5.06. The molecule has 2 unspecified atom stereocenters. The molecule has 2 rings (SSSR count). The molecule has 19 heavy (non-hydrogen) atoms. The summed E-state index contributed by atoms with van der Waals surface area (Å²) < 4.78 is 5.69. The van der Waals surface area contributed by atoms with Crippen LogP contribution in [0.5, 0.6) is 0 Å². The van der Waals surface area contributed by atoms with E-state index < -0.39 is 5.54 Å². The number of rotatable bonds is 6. The van der Waals surface area contributed by atoms with Crippen LogP contribution in [0, 0.1) is 11.3 Å². The van der Waals surface area contributed by atoms with Crippen LogP contribution in [0.25, 0.3) is 0 Å². The fourth-order valence-electron chi connectivity index (χ4n) is 3.05. The standard InChI is InChI=1S/C15H28N2O2/c1-5-17(10-11-7-8-11)13(18)15(16)9-12(19-6-2)14(15,3)4/h11-12H,5-10,16H2,1-4H3. The molecule has 2 aliphatic carbocycles. The molecular formula is C15H28N2O2. The lowest BCUT2D eigenvalue weighted by Crippen LogP contribution is -2.76. The molecular weight excluding hydrogens is 240 g/mol. The Hall–Kier alpha value is -0.610. The first kappa shape index (κ1) is 14.8. The molecule has 1 amide bonds. The van der Waals surface area contributed by atoms with Crippen molar-refractivity contribution in [2.45, 2.75) is 58.6 Å². The van der Waals surface area contributed by atoms with Crippen molar-refractivity contribution in [3.05, 3.63) is 0 Å². The van der Waals surface area contributed by atoms with Crippen molar-refractivity contribution >= 4 is 5.91 Å². The molecule has 0 radical (unpaired) electrons. The molecule has 2 aliphatic rings. The Kier molecular flexibility index (Phi) is 3.94. The van der Waals surface area contributed by atoms with Gasteiger partial charge in [0.05, 0.1) is 6.10 Å². The van der Waals surface area contributed by atoms with Gasteiger partial charge >= 0.3 is 0 Å². The van der Waals surface area contributed by atoms with E-state index in [2.05, 4.69) is 13.8 Å². The van der Waals surface area contributed by atoms with Crippen LogP contribution in [0.1, 0.15) is 47.0 Å². The van der Waals surface area contributed by atoms with Crippen LogP contribution in [0.2, 0.25) is 0 Å². The zero-order valence-electron chi connectivity index (χ0n) is 12.7. The van der Waals surface area contributed by atoms with Crippen LogP contribution in [0.15, 0.2) is 0 Å². The lowest BCUT2D eigenvalue weighted by Gasteiger charge is -2.58. The van der Waals surface area contributed by atoms with Gasteiger partial charge in [0.25, 0.3) is 0 Å². The van der Waals surface area contributed by atoms with Crippen molar-refractivity contribution in [1.29, 1.82) is 0 Å². The average Bonchev–Trinajstić information content (AvgIpc) is 3.18. The van der Waals surface area contributed by atoms with E-state index in [-0.39, 0.29) is 17.4 Å². The number of nitrogens with two attached hydrogens (primary N) is 1. The molecule has 0 saturated heterocycles. The smallest absolute Gasteiger partial charge is 0.243 e. The second-order valence-corrected chi connectivity index (χ2v) is 6.63. The third kappa shape index (κ3) is 2.40. The van der Waals surface area contributed by atoms with E-state index in [9.17, 15) is 4.79 Å². The first-order valence-electron chi connectivity index (χ1n) is 7.56. The first-order chi connectivity index (χ1) is 8.86. The van der Waals surface area contributed by atoms with Gasteiger partial charge in [-0.15, -0.1) is 0 Å². The quantitative estimate of drug-likeness (QED) is 0.799. The van der Waals surface area contributed by atoms with E-state index in [1.165, 1.54) is 12.8 Å². The third-order valence-electron chi connectivity index (χ3n) is 5.06. The van der Waals surface area contributed by atoms with Gasteiger partial charge in [-0.3, -0.25) is 4.79 Å². The lowest BCUT2D eigenvalue weighted by atomic mass is 9.54. The zero-order valence-corrected chi connectivity index (χ0v) is 12.7. The fourth-order valence-corrected chi connectivity index (χ4v) is 3.05. The summed E-state index contributed by atoms with van der Waals surface area (Å²) in [5.41, 5.74) is 5.41. The molecule has 0 bridgehead atoms. The summed E-state index contributed by atoms with van der Waals surface area (Å²) in [6.45, 7) is 10.4. The normalized spacial score (nSPS) is 32.8. The van der Waals surface area contributed by atoms with Crippen LogP contribution in [0.4, 0.5) is 0 Å². The average molecular weight is 268 g/mol. The van der Waals surface area contributed by atoms with Gasteiger partial charge in [0, 0.05) is 31.5 Å². The van der Waals surface area contributed by atoms with Crippen molar-refractivity contribution in [1.82, 2.24) is 4.90 Å². The van der Waals surface area contributed by atoms with E-state index in [0.29, 0.717) is 18.9 Å².